The molecule has 1 aliphatic rings. The Hall–Kier alpha value is -1.89. The van der Waals surface area contributed by atoms with E-state index in [2.05, 4.69) is 10.6 Å². The van der Waals surface area contributed by atoms with Crippen molar-refractivity contribution >= 4 is 16.9 Å². The van der Waals surface area contributed by atoms with Crippen molar-refractivity contribution < 1.29 is 19.1 Å². The number of ether oxygens (including phenoxy) is 1. The van der Waals surface area contributed by atoms with E-state index in [1.54, 1.807) is 0 Å². The second kappa shape index (κ2) is 7.34. The van der Waals surface area contributed by atoms with Gasteiger partial charge in [0.1, 0.15) is 5.58 Å². The molecule has 6 nitrogen and oxygen atoms in total. The number of aliphatic hydroxyl groups excluding tert-OH is 1. The van der Waals surface area contributed by atoms with Gasteiger partial charge in [-0.1, -0.05) is 18.2 Å². The number of hydrogen-bond donors (Lipinski definition) is 3. The molecule has 2 aromatic rings. The molecule has 2 atom stereocenters. The number of β-amino-alcohol motifs (C(OH)–C–C–N with tert-alkyl or cyclic N) is 1. The summed E-state index contributed by atoms with van der Waals surface area (Å²) in [6.45, 7) is 5.91. The highest BCUT2D eigenvalue weighted by Gasteiger charge is 2.27. The van der Waals surface area contributed by atoms with E-state index in [0.29, 0.717) is 31.8 Å². The monoisotopic (exact) mass is 332 g/mol. The molecule has 2 heterocycles. The molecule has 3 N–H and O–H groups in total. The summed E-state index contributed by atoms with van der Waals surface area (Å²) in [6, 6.07) is 7.56. The van der Waals surface area contributed by atoms with Gasteiger partial charge in [0.25, 0.3) is 5.91 Å². The van der Waals surface area contributed by atoms with Crippen LogP contribution in [0.25, 0.3) is 11.0 Å². The maximum Gasteiger partial charge on any atom is 0.287 e. The third-order valence-corrected chi connectivity index (χ3v) is 4.29. The SMILES string of the molecule is CC(C)OCc1c(C(=O)NCC2CNCC2O)oc2ccccc12. The number of furan rings is 1. The van der Waals surface area contributed by atoms with Gasteiger partial charge in [-0.05, 0) is 19.9 Å². The van der Waals surface area contributed by atoms with Gasteiger partial charge in [0.2, 0.25) is 0 Å². The molecule has 1 fully saturated rings. The number of aliphatic hydroxyl groups is 1. The van der Waals surface area contributed by atoms with Crippen molar-refractivity contribution in [2.24, 2.45) is 5.92 Å². The predicted molar refractivity (Wildman–Crippen MR) is 90.8 cm³/mol. The van der Waals surface area contributed by atoms with E-state index in [-0.39, 0.29) is 23.7 Å². The molecule has 3 rings (SSSR count). The maximum absolute atomic E-state index is 12.6. The van der Waals surface area contributed by atoms with Crippen LogP contribution in [0.4, 0.5) is 0 Å². The Morgan fingerprint density at radius 2 is 2.21 bits per heavy atom. The van der Waals surface area contributed by atoms with Crippen molar-refractivity contribution in [2.75, 3.05) is 19.6 Å². The lowest BCUT2D eigenvalue weighted by Gasteiger charge is -2.14. The van der Waals surface area contributed by atoms with Gasteiger partial charge in [0, 0.05) is 36.5 Å². The number of hydrogen-bond acceptors (Lipinski definition) is 5. The summed E-state index contributed by atoms with van der Waals surface area (Å²) in [5.41, 5.74) is 1.44. The molecule has 1 saturated heterocycles. The van der Waals surface area contributed by atoms with Crippen molar-refractivity contribution in [1.29, 1.82) is 0 Å². The maximum atomic E-state index is 12.6. The topological polar surface area (TPSA) is 83.7 Å². The van der Waals surface area contributed by atoms with Gasteiger partial charge in [-0.15, -0.1) is 0 Å². The van der Waals surface area contributed by atoms with Gasteiger partial charge in [0.15, 0.2) is 5.76 Å². The summed E-state index contributed by atoms with van der Waals surface area (Å²) in [5.74, 6) is 0.0404. The first kappa shape index (κ1) is 17.0. The van der Waals surface area contributed by atoms with E-state index in [1.807, 2.05) is 38.1 Å². The number of nitrogens with one attached hydrogen (secondary N) is 2. The average molecular weight is 332 g/mol. The Bertz CT molecular complexity index is 710. The third kappa shape index (κ3) is 3.61. The number of benzene rings is 1. The van der Waals surface area contributed by atoms with E-state index in [1.165, 1.54) is 0 Å². The van der Waals surface area contributed by atoms with Crippen LogP contribution in [-0.2, 0) is 11.3 Å². The zero-order valence-electron chi connectivity index (χ0n) is 14.0. The minimum Gasteiger partial charge on any atom is -0.451 e. The fraction of sp³-hybridized carbons (Fsp3) is 0.500. The zero-order valence-corrected chi connectivity index (χ0v) is 14.0. The smallest absolute Gasteiger partial charge is 0.287 e. The van der Waals surface area contributed by atoms with Crippen LogP contribution in [0.2, 0.25) is 0 Å². The molecule has 0 radical (unpaired) electrons. The number of fused-ring (bicyclic) bond motifs is 1. The summed E-state index contributed by atoms with van der Waals surface area (Å²) in [6.07, 6.45) is -0.362. The van der Waals surface area contributed by atoms with Gasteiger partial charge in [-0.25, -0.2) is 0 Å². The molecule has 1 aromatic heterocycles. The van der Waals surface area contributed by atoms with Gasteiger partial charge in [0.05, 0.1) is 18.8 Å². The van der Waals surface area contributed by atoms with Crippen LogP contribution in [0.5, 0.6) is 0 Å². The highest BCUT2D eigenvalue weighted by molar-refractivity contribution is 5.99. The second-order valence-electron chi connectivity index (χ2n) is 6.46. The molecule has 2 unspecified atom stereocenters. The van der Waals surface area contributed by atoms with Gasteiger partial charge in [-0.3, -0.25) is 4.79 Å². The Balaban J connectivity index is 1.78. The third-order valence-electron chi connectivity index (χ3n) is 4.29. The van der Waals surface area contributed by atoms with Gasteiger partial charge < -0.3 is 24.9 Å². The minimum atomic E-state index is -0.426. The van der Waals surface area contributed by atoms with Crippen LogP contribution in [-0.4, -0.2) is 42.9 Å². The van der Waals surface area contributed by atoms with E-state index < -0.39 is 6.10 Å². The lowest BCUT2D eigenvalue weighted by molar-refractivity contribution is 0.0642. The van der Waals surface area contributed by atoms with Crippen molar-refractivity contribution in [3.05, 3.63) is 35.6 Å². The average Bonchev–Trinajstić information content (AvgIpc) is 3.14. The standard InChI is InChI=1S/C18H24N2O4/c1-11(2)23-10-14-13-5-3-4-6-16(13)24-17(14)18(22)20-8-12-7-19-9-15(12)21/h3-6,11-12,15,19,21H,7-10H2,1-2H3,(H,20,22). The normalized spacial score (nSPS) is 20.8. The summed E-state index contributed by atoms with van der Waals surface area (Å²) >= 11 is 0. The Kier molecular flexibility index (Phi) is 5.18. The highest BCUT2D eigenvalue weighted by Crippen LogP contribution is 2.27. The molecule has 1 aliphatic heterocycles. The van der Waals surface area contributed by atoms with Gasteiger partial charge in [-0.2, -0.15) is 0 Å². The first-order valence-electron chi connectivity index (χ1n) is 8.35. The van der Waals surface area contributed by atoms with Crippen molar-refractivity contribution in [2.45, 2.75) is 32.7 Å². The first-order valence-corrected chi connectivity index (χ1v) is 8.35. The molecular weight excluding hydrogens is 308 g/mol. The van der Waals surface area contributed by atoms with E-state index in [4.69, 9.17) is 9.15 Å². The van der Waals surface area contributed by atoms with Crippen LogP contribution in [0.15, 0.2) is 28.7 Å². The molecule has 1 amide bonds. The largest absolute Gasteiger partial charge is 0.451 e. The molecule has 0 spiro atoms. The molecule has 24 heavy (non-hydrogen) atoms. The lowest BCUT2D eigenvalue weighted by Crippen LogP contribution is -2.34. The van der Waals surface area contributed by atoms with Crippen LogP contribution in [0.3, 0.4) is 0 Å². The molecule has 6 heteroatoms. The van der Waals surface area contributed by atoms with E-state index in [9.17, 15) is 9.90 Å². The van der Waals surface area contributed by atoms with Gasteiger partial charge >= 0.3 is 0 Å². The summed E-state index contributed by atoms with van der Waals surface area (Å²) < 4.78 is 11.5. The molecule has 0 saturated carbocycles. The van der Waals surface area contributed by atoms with E-state index >= 15 is 0 Å². The van der Waals surface area contributed by atoms with E-state index in [0.717, 1.165) is 10.9 Å². The first-order chi connectivity index (χ1) is 11.6. The van der Waals surface area contributed by atoms with Crippen LogP contribution >= 0.6 is 0 Å². The number of para-hydroxylation sites is 1. The summed E-state index contributed by atoms with van der Waals surface area (Å²) in [4.78, 5) is 12.6. The number of rotatable bonds is 6. The quantitative estimate of drug-likeness (QED) is 0.749. The number of amides is 1. The van der Waals surface area contributed by atoms with Crippen molar-refractivity contribution in [1.82, 2.24) is 10.6 Å². The second-order valence-corrected chi connectivity index (χ2v) is 6.46. The lowest BCUT2D eigenvalue weighted by atomic mass is 10.1. The van der Waals surface area contributed by atoms with Crippen LogP contribution in [0.1, 0.15) is 30.0 Å². The van der Waals surface area contributed by atoms with Crippen LogP contribution < -0.4 is 10.6 Å². The molecule has 130 valence electrons. The van der Waals surface area contributed by atoms with Crippen molar-refractivity contribution in [3.63, 3.8) is 0 Å². The molecule has 0 aliphatic carbocycles. The molecular formula is C18H24N2O4. The minimum absolute atomic E-state index is 0.0219. The fourth-order valence-corrected chi connectivity index (χ4v) is 2.91. The summed E-state index contributed by atoms with van der Waals surface area (Å²) in [7, 11) is 0. The zero-order chi connectivity index (χ0) is 17.1. The molecule has 0 bridgehead atoms. The number of carbonyl (C=O) groups is 1. The predicted octanol–water partition coefficient (Wildman–Crippen LogP) is 1.67. The number of carbonyl (C=O) groups excluding carboxylic acids is 1. The Labute approximate surface area is 141 Å². The van der Waals surface area contributed by atoms with Crippen LogP contribution in [0, 0.1) is 5.92 Å². The summed E-state index contributed by atoms with van der Waals surface area (Å²) in [5, 5.41) is 16.7. The Morgan fingerprint density at radius 1 is 1.42 bits per heavy atom. The highest BCUT2D eigenvalue weighted by atomic mass is 16.5. The molecule has 1 aromatic carbocycles. The van der Waals surface area contributed by atoms with Crippen molar-refractivity contribution in [3.8, 4) is 0 Å². The fourth-order valence-electron chi connectivity index (χ4n) is 2.91. The Morgan fingerprint density at radius 3 is 2.92 bits per heavy atom.